The van der Waals surface area contributed by atoms with Crippen LogP contribution < -0.4 is 5.73 Å². The van der Waals surface area contributed by atoms with Crippen molar-refractivity contribution in [3.05, 3.63) is 60.2 Å². The molecule has 1 nitrogen and oxygen atoms in total. The molecule has 14 heavy (non-hydrogen) atoms. The molecule has 0 aliphatic rings. The van der Waals surface area contributed by atoms with Gasteiger partial charge in [-0.2, -0.15) is 0 Å². The van der Waals surface area contributed by atoms with Crippen molar-refractivity contribution in [3.8, 4) is 11.1 Å². The zero-order chi connectivity index (χ0) is 9.80. The Bertz CT molecular complexity index is 389. The van der Waals surface area contributed by atoms with Gasteiger partial charge in [-0.3, -0.25) is 5.73 Å². The highest BCUT2D eigenvalue weighted by Crippen LogP contribution is 2.18. The predicted octanol–water partition coefficient (Wildman–Crippen LogP) is 3.14. The third-order valence-electron chi connectivity index (χ3n) is 2.27. The Hall–Kier alpha value is -1.60. The summed E-state index contributed by atoms with van der Waals surface area (Å²) in [5.74, 6) is 0. The van der Waals surface area contributed by atoms with E-state index in [1.165, 1.54) is 11.1 Å². The number of rotatable bonds is 2. The lowest BCUT2D eigenvalue weighted by molar-refractivity contribution is 1.03. The molecule has 0 fully saturated rings. The predicted molar refractivity (Wildman–Crippen MR) is 58.7 cm³/mol. The summed E-state index contributed by atoms with van der Waals surface area (Å²) in [6.07, 6.45) is 0. The zero-order valence-electron chi connectivity index (χ0n) is 7.90. The van der Waals surface area contributed by atoms with E-state index < -0.39 is 0 Å². The second-order valence-electron chi connectivity index (χ2n) is 3.24. The molecule has 0 saturated heterocycles. The lowest BCUT2D eigenvalue weighted by Gasteiger charge is -2.01. The molecule has 0 bridgehead atoms. The Morgan fingerprint density at radius 2 is 1.29 bits per heavy atom. The Morgan fingerprint density at radius 3 is 1.86 bits per heavy atom. The van der Waals surface area contributed by atoms with Gasteiger partial charge in [0, 0.05) is 6.54 Å². The number of benzene rings is 2. The number of nitrogens with one attached hydrogen (secondary N) is 1. The summed E-state index contributed by atoms with van der Waals surface area (Å²) >= 11 is 0. The normalized spacial score (nSPS) is 10.1. The summed E-state index contributed by atoms with van der Waals surface area (Å²) in [6, 6.07) is 18.4. The summed E-state index contributed by atoms with van der Waals surface area (Å²) in [5, 5.41) is 0. The van der Waals surface area contributed by atoms with Crippen molar-refractivity contribution in [1.82, 2.24) is 5.73 Å². The summed E-state index contributed by atoms with van der Waals surface area (Å²) < 4.78 is 0. The van der Waals surface area contributed by atoms with Gasteiger partial charge in [-0.1, -0.05) is 54.6 Å². The first kappa shape index (κ1) is 8.97. The van der Waals surface area contributed by atoms with Gasteiger partial charge in [-0.25, -0.2) is 0 Å². The molecule has 0 saturated carbocycles. The van der Waals surface area contributed by atoms with E-state index >= 15 is 0 Å². The van der Waals surface area contributed by atoms with E-state index in [4.69, 9.17) is 5.73 Å². The van der Waals surface area contributed by atoms with Gasteiger partial charge in [-0.05, 0) is 16.7 Å². The first-order chi connectivity index (χ1) is 6.90. The molecular weight excluding hydrogens is 170 g/mol. The summed E-state index contributed by atoms with van der Waals surface area (Å²) in [7, 11) is 0. The third kappa shape index (κ3) is 1.83. The van der Waals surface area contributed by atoms with Crippen LogP contribution in [0.2, 0.25) is 0 Å². The maximum absolute atomic E-state index is 7.22. The fourth-order valence-corrected chi connectivity index (χ4v) is 1.45. The Kier molecular flexibility index (Phi) is 2.61. The van der Waals surface area contributed by atoms with Gasteiger partial charge in [-0.15, -0.1) is 0 Å². The van der Waals surface area contributed by atoms with Crippen LogP contribution in [-0.2, 0) is 6.54 Å². The Morgan fingerprint density at radius 1 is 0.714 bits per heavy atom. The van der Waals surface area contributed by atoms with Crippen LogP contribution in [0, 0.1) is 0 Å². The molecule has 2 rings (SSSR count). The first-order valence-electron chi connectivity index (χ1n) is 4.69. The summed E-state index contributed by atoms with van der Waals surface area (Å²) in [5.41, 5.74) is 10.7. The largest absolute Gasteiger partial charge is 0.253 e. The van der Waals surface area contributed by atoms with E-state index in [9.17, 15) is 0 Å². The highest BCUT2D eigenvalue weighted by Gasteiger charge is 1.95. The fourth-order valence-electron chi connectivity index (χ4n) is 1.45. The summed E-state index contributed by atoms with van der Waals surface area (Å²) in [6.45, 7) is 0.356. The maximum atomic E-state index is 7.22. The number of hydrogen-bond donors (Lipinski definition) is 0. The quantitative estimate of drug-likeness (QED) is 0.681. The van der Waals surface area contributed by atoms with Crippen molar-refractivity contribution in [3.63, 3.8) is 0 Å². The lowest BCUT2D eigenvalue weighted by atomic mass is 10.0. The molecule has 0 aliphatic carbocycles. The van der Waals surface area contributed by atoms with Crippen molar-refractivity contribution in [2.45, 2.75) is 6.54 Å². The van der Waals surface area contributed by atoms with Gasteiger partial charge in [0.2, 0.25) is 0 Å². The standard InChI is InChI=1S/C13H12N/c14-10-11-6-8-13(9-7-11)12-4-2-1-3-5-12/h1-9,14H,10H2. The molecule has 0 unspecified atom stereocenters. The lowest BCUT2D eigenvalue weighted by Crippen LogP contribution is -1.84. The van der Waals surface area contributed by atoms with Crippen molar-refractivity contribution < 1.29 is 0 Å². The topological polar surface area (TPSA) is 23.8 Å². The zero-order valence-corrected chi connectivity index (χ0v) is 7.90. The van der Waals surface area contributed by atoms with Crippen LogP contribution in [0.15, 0.2) is 54.6 Å². The van der Waals surface area contributed by atoms with Gasteiger partial charge in [0.1, 0.15) is 0 Å². The van der Waals surface area contributed by atoms with Crippen molar-refractivity contribution >= 4 is 0 Å². The van der Waals surface area contributed by atoms with Gasteiger partial charge in [0.25, 0.3) is 0 Å². The third-order valence-corrected chi connectivity index (χ3v) is 2.27. The van der Waals surface area contributed by atoms with Crippen molar-refractivity contribution in [2.75, 3.05) is 0 Å². The molecule has 0 amide bonds. The SMILES string of the molecule is [NH]Cc1ccc(-c2ccccc2)cc1. The van der Waals surface area contributed by atoms with Crippen molar-refractivity contribution in [1.29, 1.82) is 0 Å². The molecule has 1 N–H and O–H groups in total. The minimum Gasteiger partial charge on any atom is -0.253 e. The molecule has 1 heteroatoms. The molecule has 0 aromatic heterocycles. The monoisotopic (exact) mass is 182 g/mol. The van der Waals surface area contributed by atoms with E-state index in [1.54, 1.807) is 0 Å². The molecule has 0 atom stereocenters. The minimum atomic E-state index is 0.356. The molecule has 0 spiro atoms. The molecular formula is C13H12N. The second-order valence-corrected chi connectivity index (χ2v) is 3.24. The van der Waals surface area contributed by atoms with Crippen molar-refractivity contribution in [2.24, 2.45) is 0 Å². The van der Waals surface area contributed by atoms with Crippen LogP contribution in [0.25, 0.3) is 11.1 Å². The van der Waals surface area contributed by atoms with E-state index in [2.05, 4.69) is 24.3 Å². The van der Waals surface area contributed by atoms with Crippen LogP contribution >= 0.6 is 0 Å². The Labute approximate surface area is 84.2 Å². The molecule has 2 aromatic carbocycles. The average molecular weight is 182 g/mol. The second kappa shape index (κ2) is 4.07. The van der Waals surface area contributed by atoms with E-state index in [-0.39, 0.29) is 0 Å². The molecule has 2 aromatic rings. The maximum Gasteiger partial charge on any atom is 0.0351 e. The first-order valence-corrected chi connectivity index (χ1v) is 4.69. The van der Waals surface area contributed by atoms with Gasteiger partial charge in [0.05, 0.1) is 0 Å². The fraction of sp³-hybridized carbons (Fsp3) is 0.0769. The van der Waals surface area contributed by atoms with E-state index in [0.29, 0.717) is 6.54 Å². The summed E-state index contributed by atoms with van der Waals surface area (Å²) in [4.78, 5) is 0. The smallest absolute Gasteiger partial charge is 0.0351 e. The molecule has 69 valence electrons. The highest BCUT2D eigenvalue weighted by atomic mass is 14.5. The van der Waals surface area contributed by atoms with E-state index in [0.717, 1.165) is 5.56 Å². The van der Waals surface area contributed by atoms with Gasteiger partial charge in [0.15, 0.2) is 0 Å². The molecule has 1 radical (unpaired) electrons. The van der Waals surface area contributed by atoms with Crippen LogP contribution in [-0.4, -0.2) is 0 Å². The van der Waals surface area contributed by atoms with E-state index in [1.807, 2.05) is 30.3 Å². The van der Waals surface area contributed by atoms with Gasteiger partial charge < -0.3 is 0 Å². The highest BCUT2D eigenvalue weighted by molar-refractivity contribution is 5.63. The minimum absolute atomic E-state index is 0.356. The van der Waals surface area contributed by atoms with Crippen LogP contribution in [0.1, 0.15) is 5.56 Å². The van der Waals surface area contributed by atoms with Gasteiger partial charge >= 0.3 is 0 Å². The number of hydrogen-bond acceptors (Lipinski definition) is 0. The average Bonchev–Trinajstić information content (AvgIpc) is 2.30. The van der Waals surface area contributed by atoms with Crippen LogP contribution in [0.4, 0.5) is 0 Å². The van der Waals surface area contributed by atoms with Crippen LogP contribution in [0.5, 0.6) is 0 Å². The molecule has 0 heterocycles. The molecule has 0 aliphatic heterocycles. The van der Waals surface area contributed by atoms with Crippen LogP contribution in [0.3, 0.4) is 0 Å². The Balaban J connectivity index is 2.34.